The molecule has 0 aliphatic heterocycles. The molecule has 0 aliphatic rings. The van der Waals surface area contributed by atoms with Crippen molar-refractivity contribution in [1.82, 2.24) is 9.55 Å². The molecule has 0 saturated carbocycles. The molecule has 3 heteroatoms. The third-order valence-corrected chi connectivity index (χ3v) is 2.88. The van der Waals surface area contributed by atoms with E-state index in [1.165, 1.54) is 5.56 Å². The molecule has 1 aromatic heterocycles. The van der Waals surface area contributed by atoms with Crippen LogP contribution >= 0.6 is 0 Å². The molecule has 1 heterocycles. The number of hydrogen-bond acceptors (Lipinski definition) is 2. The Kier molecular flexibility index (Phi) is 3.70. The fraction of sp³-hybridized carbons (Fsp3) is 0.400. The lowest BCUT2D eigenvalue weighted by atomic mass is 10.0. The number of aryl methyl sites for hydroxylation is 1. The quantitative estimate of drug-likeness (QED) is 0.824. The summed E-state index contributed by atoms with van der Waals surface area (Å²) in [5, 5.41) is 0. The van der Waals surface area contributed by atoms with Gasteiger partial charge in [-0.15, -0.1) is 0 Å². The second-order valence-corrected chi connectivity index (χ2v) is 5.03. The van der Waals surface area contributed by atoms with Crippen LogP contribution in [0.15, 0.2) is 30.7 Å². The van der Waals surface area contributed by atoms with Gasteiger partial charge in [0.15, 0.2) is 0 Å². The lowest BCUT2D eigenvalue weighted by Crippen LogP contribution is -1.99. The molecule has 3 nitrogen and oxygen atoms in total. The summed E-state index contributed by atoms with van der Waals surface area (Å²) in [5.41, 5.74) is 3.34. The van der Waals surface area contributed by atoms with Crippen molar-refractivity contribution in [2.75, 3.05) is 7.11 Å². The molecule has 0 radical (unpaired) electrons. The largest absolute Gasteiger partial charge is 0.495 e. The first-order valence-corrected chi connectivity index (χ1v) is 6.28. The summed E-state index contributed by atoms with van der Waals surface area (Å²) in [6.45, 7) is 6.43. The van der Waals surface area contributed by atoms with Crippen LogP contribution in [0, 0.1) is 12.8 Å². The van der Waals surface area contributed by atoms with Crippen LogP contribution in [-0.2, 0) is 6.42 Å². The third-order valence-electron chi connectivity index (χ3n) is 2.88. The van der Waals surface area contributed by atoms with Crippen molar-refractivity contribution < 1.29 is 4.74 Å². The summed E-state index contributed by atoms with van der Waals surface area (Å²) >= 11 is 0. The van der Waals surface area contributed by atoms with E-state index in [1.54, 1.807) is 7.11 Å². The minimum absolute atomic E-state index is 0.649. The zero-order valence-corrected chi connectivity index (χ0v) is 11.5. The number of methoxy groups -OCH3 is 1. The molecule has 0 amide bonds. The van der Waals surface area contributed by atoms with Gasteiger partial charge in [-0.2, -0.15) is 0 Å². The summed E-state index contributed by atoms with van der Waals surface area (Å²) < 4.78 is 7.48. The highest BCUT2D eigenvalue weighted by Crippen LogP contribution is 2.25. The van der Waals surface area contributed by atoms with E-state index < -0.39 is 0 Å². The number of imidazole rings is 1. The highest BCUT2D eigenvalue weighted by molar-refractivity contribution is 5.49. The van der Waals surface area contributed by atoms with Gasteiger partial charge in [0.1, 0.15) is 5.75 Å². The number of ether oxygens (including phenoxy) is 1. The van der Waals surface area contributed by atoms with Gasteiger partial charge in [0.25, 0.3) is 0 Å². The van der Waals surface area contributed by atoms with Gasteiger partial charge in [-0.25, -0.2) is 4.98 Å². The topological polar surface area (TPSA) is 27.1 Å². The van der Waals surface area contributed by atoms with Gasteiger partial charge in [-0.1, -0.05) is 19.9 Å². The fourth-order valence-electron chi connectivity index (χ4n) is 2.09. The molecular formula is C15H20N2O. The molecule has 0 aliphatic carbocycles. The molecule has 0 N–H and O–H groups in total. The first-order chi connectivity index (χ1) is 8.60. The Morgan fingerprint density at radius 2 is 2.11 bits per heavy atom. The van der Waals surface area contributed by atoms with Crippen LogP contribution in [0.25, 0.3) is 5.69 Å². The van der Waals surface area contributed by atoms with E-state index in [0.717, 1.165) is 23.6 Å². The van der Waals surface area contributed by atoms with Crippen LogP contribution in [-0.4, -0.2) is 16.7 Å². The number of aromatic nitrogens is 2. The lowest BCUT2D eigenvalue weighted by Gasteiger charge is -2.12. The number of rotatable bonds is 4. The van der Waals surface area contributed by atoms with Crippen LogP contribution in [0.2, 0.25) is 0 Å². The first kappa shape index (κ1) is 12.7. The Hall–Kier alpha value is -1.77. The molecule has 0 spiro atoms. The van der Waals surface area contributed by atoms with E-state index in [2.05, 4.69) is 37.0 Å². The van der Waals surface area contributed by atoms with E-state index in [1.807, 2.05) is 24.0 Å². The van der Waals surface area contributed by atoms with Crippen LogP contribution in [0.4, 0.5) is 0 Å². The highest BCUT2D eigenvalue weighted by atomic mass is 16.5. The average molecular weight is 244 g/mol. The van der Waals surface area contributed by atoms with Crippen LogP contribution in [0.1, 0.15) is 25.1 Å². The Balaban J connectivity index is 2.37. The van der Waals surface area contributed by atoms with Crippen molar-refractivity contribution in [2.24, 2.45) is 5.92 Å². The second-order valence-electron chi connectivity index (χ2n) is 5.03. The standard InChI is InChI=1S/C15H20N2O/c1-11(2)7-13-5-6-14(15(8-13)18-4)17-9-12(3)16-10-17/h5-6,8-11H,7H2,1-4H3. The highest BCUT2D eigenvalue weighted by Gasteiger charge is 2.08. The normalized spacial score (nSPS) is 10.9. The monoisotopic (exact) mass is 244 g/mol. The van der Waals surface area contributed by atoms with Gasteiger partial charge in [0.2, 0.25) is 0 Å². The third kappa shape index (κ3) is 2.73. The molecule has 1 aromatic carbocycles. The number of benzene rings is 1. The van der Waals surface area contributed by atoms with Gasteiger partial charge >= 0.3 is 0 Å². The van der Waals surface area contributed by atoms with Gasteiger partial charge < -0.3 is 9.30 Å². The van der Waals surface area contributed by atoms with Gasteiger partial charge in [-0.3, -0.25) is 0 Å². The molecular weight excluding hydrogens is 224 g/mol. The van der Waals surface area contributed by atoms with Crippen molar-refractivity contribution >= 4 is 0 Å². The van der Waals surface area contributed by atoms with Crippen LogP contribution in [0.3, 0.4) is 0 Å². The van der Waals surface area contributed by atoms with Crippen molar-refractivity contribution in [3.8, 4) is 11.4 Å². The molecule has 0 saturated heterocycles. The summed E-state index contributed by atoms with van der Waals surface area (Å²) in [5.74, 6) is 1.54. The maximum absolute atomic E-state index is 5.48. The molecule has 0 atom stereocenters. The molecule has 96 valence electrons. The van der Waals surface area contributed by atoms with Gasteiger partial charge in [-0.05, 0) is 37.0 Å². The van der Waals surface area contributed by atoms with Crippen molar-refractivity contribution in [3.05, 3.63) is 42.0 Å². The Morgan fingerprint density at radius 1 is 1.33 bits per heavy atom. The maximum Gasteiger partial charge on any atom is 0.143 e. The Labute approximate surface area is 108 Å². The van der Waals surface area contributed by atoms with Crippen molar-refractivity contribution in [2.45, 2.75) is 27.2 Å². The smallest absolute Gasteiger partial charge is 0.143 e. The van der Waals surface area contributed by atoms with Crippen LogP contribution < -0.4 is 4.74 Å². The summed E-state index contributed by atoms with van der Waals surface area (Å²) in [6.07, 6.45) is 4.88. The van der Waals surface area contributed by atoms with Crippen LogP contribution in [0.5, 0.6) is 5.75 Å². The van der Waals surface area contributed by atoms with Crippen molar-refractivity contribution in [1.29, 1.82) is 0 Å². The van der Waals surface area contributed by atoms with E-state index in [0.29, 0.717) is 5.92 Å². The summed E-state index contributed by atoms with van der Waals surface area (Å²) in [7, 11) is 1.71. The zero-order valence-electron chi connectivity index (χ0n) is 11.5. The first-order valence-electron chi connectivity index (χ1n) is 6.28. The zero-order chi connectivity index (χ0) is 13.1. The lowest BCUT2D eigenvalue weighted by molar-refractivity contribution is 0.412. The van der Waals surface area contributed by atoms with E-state index in [4.69, 9.17) is 4.74 Å². The Bertz CT molecular complexity index is 529. The second kappa shape index (κ2) is 5.25. The number of nitrogens with zero attached hydrogens (tertiary/aromatic N) is 2. The van der Waals surface area contributed by atoms with E-state index >= 15 is 0 Å². The Morgan fingerprint density at radius 3 is 2.67 bits per heavy atom. The molecule has 0 unspecified atom stereocenters. The SMILES string of the molecule is COc1cc(CC(C)C)ccc1-n1cnc(C)c1. The maximum atomic E-state index is 5.48. The summed E-state index contributed by atoms with van der Waals surface area (Å²) in [6, 6.07) is 6.37. The fourth-order valence-corrected chi connectivity index (χ4v) is 2.09. The molecule has 0 fully saturated rings. The van der Waals surface area contributed by atoms with Gasteiger partial charge in [0, 0.05) is 6.20 Å². The molecule has 0 bridgehead atoms. The average Bonchev–Trinajstić information content (AvgIpc) is 2.74. The van der Waals surface area contributed by atoms with Crippen molar-refractivity contribution in [3.63, 3.8) is 0 Å². The molecule has 2 rings (SSSR count). The molecule has 2 aromatic rings. The number of hydrogen-bond donors (Lipinski definition) is 0. The minimum atomic E-state index is 0.649. The predicted octanol–water partition coefficient (Wildman–Crippen LogP) is 3.39. The van der Waals surface area contributed by atoms with E-state index in [-0.39, 0.29) is 0 Å². The summed E-state index contributed by atoms with van der Waals surface area (Å²) in [4.78, 5) is 4.25. The predicted molar refractivity (Wildman–Crippen MR) is 73.4 cm³/mol. The van der Waals surface area contributed by atoms with Gasteiger partial charge in [0.05, 0.1) is 24.8 Å². The molecule has 18 heavy (non-hydrogen) atoms. The minimum Gasteiger partial charge on any atom is -0.495 e. The van der Waals surface area contributed by atoms with E-state index in [9.17, 15) is 0 Å².